The van der Waals surface area contributed by atoms with Crippen LogP contribution < -0.4 is 9.47 Å². The Morgan fingerprint density at radius 3 is 2.67 bits per heavy atom. The molecule has 0 fully saturated rings. The lowest BCUT2D eigenvalue weighted by Gasteiger charge is -2.17. The molecule has 0 saturated carbocycles. The summed E-state index contributed by atoms with van der Waals surface area (Å²) in [6.45, 7) is 2.49. The molecule has 0 aromatic heterocycles. The lowest BCUT2D eigenvalue weighted by Crippen LogP contribution is -2.02. The van der Waals surface area contributed by atoms with Crippen LogP contribution in [0, 0.1) is 5.82 Å². The van der Waals surface area contributed by atoms with Crippen LogP contribution in [0.2, 0.25) is 0 Å². The molecular weight excluding hydrogens is 359 g/mol. The molecule has 2 aromatic rings. The van der Waals surface area contributed by atoms with Crippen molar-refractivity contribution in [3.8, 4) is 11.5 Å². The third-order valence-corrected chi connectivity index (χ3v) is 4.18. The van der Waals surface area contributed by atoms with Crippen molar-refractivity contribution in [1.29, 1.82) is 0 Å². The molecule has 0 aliphatic heterocycles. The summed E-state index contributed by atoms with van der Waals surface area (Å²) in [5, 5.41) is -0.661. The first kappa shape index (κ1) is 16.1. The molecular formula is C16H15BrClFO2. The number of hydrogen-bond acceptors (Lipinski definition) is 2. The molecule has 0 amide bonds. The first-order valence-electron chi connectivity index (χ1n) is 6.47. The van der Waals surface area contributed by atoms with Gasteiger partial charge >= 0.3 is 0 Å². The summed E-state index contributed by atoms with van der Waals surface area (Å²) in [4.78, 5) is 0. The Balaban J connectivity index is 2.43. The minimum absolute atomic E-state index is 0.325. The summed E-state index contributed by atoms with van der Waals surface area (Å²) in [7, 11) is 1.50. The van der Waals surface area contributed by atoms with E-state index in [1.165, 1.54) is 13.2 Å². The number of halogens is 3. The fourth-order valence-electron chi connectivity index (χ4n) is 2.07. The van der Waals surface area contributed by atoms with E-state index >= 15 is 0 Å². The van der Waals surface area contributed by atoms with Crippen LogP contribution in [0.3, 0.4) is 0 Å². The Labute approximate surface area is 137 Å². The van der Waals surface area contributed by atoms with Crippen LogP contribution in [-0.4, -0.2) is 13.7 Å². The van der Waals surface area contributed by atoms with Gasteiger partial charge in [-0.1, -0.05) is 28.1 Å². The number of benzene rings is 2. The molecule has 0 radical (unpaired) electrons. The van der Waals surface area contributed by atoms with Gasteiger partial charge in [0.05, 0.1) is 24.7 Å². The lowest BCUT2D eigenvalue weighted by atomic mass is 10.0. The molecule has 1 atom stereocenters. The van der Waals surface area contributed by atoms with Gasteiger partial charge in [-0.2, -0.15) is 0 Å². The number of hydrogen-bond donors (Lipinski definition) is 0. The molecule has 0 heterocycles. The van der Waals surface area contributed by atoms with Gasteiger partial charge in [-0.25, -0.2) is 4.39 Å². The third-order valence-electron chi connectivity index (χ3n) is 3.04. The summed E-state index contributed by atoms with van der Waals surface area (Å²) in [5.41, 5.74) is 1.08. The van der Waals surface area contributed by atoms with Crippen LogP contribution >= 0.6 is 27.5 Å². The standard InChI is InChI=1S/C16H15BrClFO2/c1-3-21-10-7-8-11(12(17)9-10)16(18)15-13(19)5-4-6-14(15)20-2/h4-9,16H,3H2,1-2H3. The highest BCUT2D eigenvalue weighted by atomic mass is 79.9. The van der Waals surface area contributed by atoms with Gasteiger partial charge in [-0.05, 0) is 36.8 Å². The molecule has 0 saturated heterocycles. The molecule has 112 valence electrons. The third kappa shape index (κ3) is 3.50. The minimum atomic E-state index is -0.661. The zero-order valence-electron chi connectivity index (χ0n) is 11.7. The molecule has 21 heavy (non-hydrogen) atoms. The van der Waals surface area contributed by atoms with Gasteiger partial charge in [0.2, 0.25) is 0 Å². The van der Waals surface area contributed by atoms with Gasteiger partial charge in [-0.15, -0.1) is 11.6 Å². The summed E-state index contributed by atoms with van der Waals surface area (Å²) in [6.07, 6.45) is 0. The number of methoxy groups -OCH3 is 1. The zero-order chi connectivity index (χ0) is 15.4. The molecule has 1 unspecified atom stereocenters. The second-order valence-corrected chi connectivity index (χ2v) is 5.63. The molecule has 0 aliphatic carbocycles. The molecule has 2 aromatic carbocycles. The number of rotatable bonds is 5. The number of alkyl halides is 1. The first-order chi connectivity index (χ1) is 10.1. The van der Waals surface area contributed by atoms with Crippen molar-refractivity contribution in [2.24, 2.45) is 0 Å². The average molecular weight is 374 g/mol. The Hall–Kier alpha value is -1.26. The molecule has 0 spiro atoms. The largest absolute Gasteiger partial charge is 0.496 e. The van der Waals surface area contributed by atoms with Crippen molar-refractivity contribution in [3.63, 3.8) is 0 Å². The summed E-state index contributed by atoms with van der Waals surface area (Å²) < 4.78 is 25.5. The highest BCUT2D eigenvalue weighted by Crippen LogP contribution is 2.40. The van der Waals surface area contributed by atoms with E-state index in [0.29, 0.717) is 17.9 Å². The van der Waals surface area contributed by atoms with Gasteiger partial charge in [0.1, 0.15) is 17.3 Å². The summed E-state index contributed by atoms with van der Waals surface area (Å²) >= 11 is 9.92. The maximum atomic E-state index is 14.1. The van der Waals surface area contributed by atoms with Crippen LogP contribution in [0.25, 0.3) is 0 Å². The quantitative estimate of drug-likeness (QED) is 0.660. The van der Waals surface area contributed by atoms with E-state index in [0.717, 1.165) is 15.8 Å². The Kier molecular flexibility index (Phi) is 5.48. The van der Waals surface area contributed by atoms with Crippen LogP contribution in [0.4, 0.5) is 4.39 Å². The van der Waals surface area contributed by atoms with Crippen LogP contribution in [0.5, 0.6) is 11.5 Å². The van der Waals surface area contributed by atoms with E-state index in [2.05, 4.69) is 15.9 Å². The smallest absolute Gasteiger partial charge is 0.131 e. The van der Waals surface area contributed by atoms with Gasteiger partial charge in [0.25, 0.3) is 0 Å². The Bertz CT molecular complexity index is 634. The molecule has 2 nitrogen and oxygen atoms in total. The van der Waals surface area contributed by atoms with Crippen molar-refractivity contribution >= 4 is 27.5 Å². The average Bonchev–Trinajstić information content (AvgIpc) is 2.46. The predicted octanol–water partition coefficient (Wildman–Crippen LogP) is 5.32. The van der Waals surface area contributed by atoms with E-state index in [9.17, 15) is 4.39 Å². The van der Waals surface area contributed by atoms with E-state index in [1.807, 2.05) is 25.1 Å². The maximum absolute atomic E-state index is 14.1. The van der Waals surface area contributed by atoms with Gasteiger partial charge in [0, 0.05) is 4.47 Å². The molecule has 0 aliphatic rings. The van der Waals surface area contributed by atoms with Gasteiger partial charge in [0.15, 0.2) is 0 Å². The van der Waals surface area contributed by atoms with E-state index < -0.39 is 11.2 Å². The maximum Gasteiger partial charge on any atom is 0.131 e. The monoisotopic (exact) mass is 372 g/mol. The number of ether oxygens (including phenoxy) is 2. The summed E-state index contributed by atoms with van der Waals surface area (Å²) in [5.74, 6) is 0.767. The highest BCUT2D eigenvalue weighted by molar-refractivity contribution is 9.10. The van der Waals surface area contributed by atoms with Crippen LogP contribution in [0.1, 0.15) is 23.4 Å². The topological polar surface area (TPSA) is 18.5 Å². The zero-order valence-corrected chi connectivity index (χ0v) is 14.0. The Morgan fingerprint density at radius 2 is 2.05 bits per heavy atom. The van der Waals surface area contributed by atoms with Crippen molar-refractivity contribution < 1.29 is 13.9 Å². The van der Waals surface area contributed by atoms with Gasteiger partial charge < -0.3 is 9.47 Å². The summed E-state index contributed by atoms with van der Waals surface area (Å²) in [6, 6.07) is 10.1. The normalized spacial score (nSPS) is 12.0. The minimum Gasteiger partial charge on any atom is -0.496 e. The van der Waals surface area contributed by atoms with E-state index in [-0.39, 0.29) is 0 Å². The van der Waals surface area contributed by atoms with Crippen molar-refractivity contribution in [2.45, 2.75) is 12.3 Å². The molecule has 2 rings (SSSR count). The first-order valence-corrected chi connectivity index (χ1v) is 7.70. The predicted molar refractivity (Wildman–Crippen MR) is 86.0 cm³/mol. The van der Waals surface area contributed by atoms with Crippen molar-refractivity contribution in [1.82, 2.24) is 0 Å². The highest BCUT2D eigenvalue weighted by Gasteiger charge is 2.22. The molecule has 0 bridgehead atoms. The van der Waals surface area contributed by atoms with Gasteiger partial charge in [-0.3, -0.25) is 0 Å². The van der Waals surface area contributed by atoms with Crippen LogP contribution in [0.15, 0.2) is 40.9 Å². The second-order valence-electron chi connectivity index (χ2n) is 4.33. The van der Waals surface area contributed by atoms with Crippen LogP contribution in [-0.2, 0) is 0 Å². The molecule has 5 heteroatoms. The van der Waals surface area contributed by atoms with E-state index in [4.69, 9.17) is 21.1 Å². The lowest BCUT2D eigenvalue weighted by molar-refractivity contribution is 0.340. The van der Waals surface area contributed by atoms with Crippen molar-refractivity contribution in [3.05, 3.63) is 57.8 Å². The Morgan fingerprint density at radius 1 is 1.29 bits per heavy atom. The molecule has 0 N–H and O–H groups in total. The SMILES string of the molecule is CCOc1ccc(C(Cl)c2c(F)cccc2OC)c(Br)c1. The fraction of sp³-hybridized carbons (Fsp3) is 0.250. The van der Waals surface area contributed by atoms with Crippen molar-refractivity contribution in [2.75, 3.05) is 13.7 Å². The second kappa shape index (κ2) is 7.14. The van der Waals surface area contributed by atoms with E-state index in [1.54, 1.807) is 12.1 Å². The fourth-order valence-corrected chi connectivity index (χ4v) is 3.19.